The number of aryl methyl sites for hydroxylation is 1. The number of methoxy groups -OCH3 is 1. The first-order chi connectivity index (χ1) is 19.0. The average Bonchev–Trinajstić information content (AvgIpc) is 3.40. The molecule has 1 N–H and O–H groups in total. The summed E-state index contributed by atoms with van der Waals surface area (Å²) in [6.45, 7) is 5.81. The molecule has 0 bridgehead atoms. The molecule has 4 aromatic rings. The summed E-state index contributed by atoms with van der Waals surface area (Å²) in [4.78, 5) is 34.2. The lowest BCUT2D eigenvalue weighted by atomic mass is 10.1. The van der Waals surface area contributed by atoms with Gasteiger partial charge in [-0.05, 0) is 66.3 Å². The first-order valence-electron chi connectivity index (χ1n) is 13.9. The van der Waals surface area contributed by atoms with E-state index in [1.807, 2.05) is 71.8 Å². The molecule has 0 aliphatic rings. The van der Waals surface area contributed by atoms with E-state index in [2.05, 4.69) is 31.0 Å². The van der Waals surface area contributed by atoms with E-state index >= 15 is 0 Å². The Morgan fingerprint density at radius 1 is 0.846 bits per heavy atom. The smallest absolute Gasteiger partial charge is 0.254 e. The van der Waals surface area contributed by atoms with Gasteiger partial charge in [-0.1, -0.05) is 62.7 Å². The zero-order valence-electron chi connectivity index (χ0n) is 23.3. The normalized spacial score (nSPS) is 10.9. The molecule has 3 aromatic carbocycles. The molecule has 0 saturated heterocycles. The second-order valence-corrected chi connectivity index (χ2v) is 9.90. The number of ether oxygens (including phenoxy) is 1. The van der Waals surface area contributed by atoms with E-state index in [0.717, 1.165) is 36.1 Å². The van der Waals surface area contributed by atoms with Crippen LogP contribution in [0.3, 0.4) is 0 Å². The molecule has 0 saturated carbocycles. The van der Waals surface area contributed by atoms with Gasteiger partial charge in [0.15, 0.2) is 0 Å². The van der Waals surface area contributed by atoms with Crippen molar-refractivity contribution >= 4 is 22.7 Å². The van der Waals surface area contributed by atoms with Crippen LogP contribution in [-0.4, -0.2) is 53.3 Å². The topological polar surface area (TPSA) is 65.6 Å². The van der Waals surface area contributed by atoms with Gasteiger partial charge in [0.2, 0.25) is 5.91 Å². The van der Waals surface area contributed by atoms with E-state index in [1.165, 1.54) is 16.5 Å². The van der Waals surface area contributed by atoms with E-state index in [1.54, 1.807) is 12.0 Å². The van der Waals surface area contributed by atoms with Crippen LogP contribution in [0.2, 0.25) is 0 Å². The number of hydrogen-bond donors (Lipinski definition) is 1. The van der Waals surface area contributed by atoms with Crippen molar-refractivity contribution in [3.8, 4) is 5.75 Å². The van der Waals surface area contributed by atoms with Crippen molar-refractivity contribution in [2.45, 2.75) is 46.1 Å². The molecule has 0 aliphatic carbocycles. The van der Waals surface area contributed by atoms with Crippen LogP contribution in [0, 0.1) is 0 Å². The van der Waals surface area contributed by atoms with Crippen molar-refractivity contribution in [3.63, 3.8) is 0 Å². The maximum Gasteiger partial charge on any atom is 0.254 e. The van der Waals surface area contributed by atoms with Crippen molar-refractivity contribution in [3.05, 3.63) is 101 Å². The molecule has 0 aliphatic heterocycles. The Kier molecular flexibility index (Phi) is 9.79. The van der Waals surface area contributed by atoms with Crippen molar-refractivity contribution < 1.29 is 14.3 Å². The third kappa shape index (κ3) is 7.29. The minimum atomic E-state index is -0.0968. The molecular weight excluding hydrogens is 486 g/mol. The van der Waals surface area contributed by atoms with Crippen molar-refractivity contribution in [1.29, 1.82) is 0 Å². The number of unbranched alkanes of at least 4 members (excludes halogenated alkanes) is 1. The Labute approximate surface area is 231 Å². The van der Waals surface area contributed by atoms with E-state index in [9.17, 15) is 9.59 Å². The third-order valence-electron chi connectivity index (χ3n) is 7.22. The number of nitrogens with one attached hydrogen (secondary N) is 1. The summed E-state index contributed by atoms with van der Waals surface area (Å²) in [7, 11) is 1.64. The number of benzene rings is 3. The maximum atomic E-state index is 13.8. The predicted molar refractivity (Wildman–Crippen MR) is 157 cm³/mol. The van der Waals surface area contributed by atoms with Crippen molar-refractivity contribution in [2.75, 3.05) is 26.7 Å². The van der Waals surface area contributed by atoms with Gasteiger partial charge in [-0.15, -0.1) is 0 Å². The standard InChI is InChI=1S/C33H39N3O3/c1-4-6-20-36(33(38)27-15-11-25(5-2)12-16-27)24-32(37)35(23-26-13-17-29(39-3)18-14-26)21-19-28-22-34-31-10-8-7-9-30(28)31/h7-18,22,34H,4-6,19-21,23-24H2,1-3H3. The van der Waals surface area contributed by atoms with E-state index in [0.29, 0.717) is 31.6 Å². The summed E-state index contributed by atoms with van der Waals surface area (Å²) < 4.78 is 5.30. The van der Waals surface area contributed by atoms with Gasteiger partial charge in [0.25, 0.3) is 5.91 Å². The van der Waals surface area contributed by atoms with Crippen LogP contribution in [0.15, 0.2) is 79.0 Å². The van der Waals surface area contributed by atoms with Crippen LogP contribution >= 0.6 is 0 Å². The molecule has 204 valence electrons. The zero-order chi connectivity index (χ0) is 27.6. The molecule has 6 nitrogen and oxygen atoms in total. The quantitative estimate of drug-likeness (QED) is 0.224. The minimum Gasteiger partial charge on any atom is -0.497 e. The SMILES string of the molecule is CCCCN(CC(=O)N(CCc1c[nH]c2ccccc12)Cc1ccc(OC)cc1)C(=O)c1ccc(CC)cc1. The fraction of sp³-hybridized carbons (Fsp3) is 0.333. The van der Waals surface area contributed by atoms with Crippen molar-refractivity contribution in [1.82, 2.24) is 14.8 Å². The van der Waals surface area contributed by atoms with E-state index in [-0.39, 0.29) is 18.4 Å². The lowest BCUT2D eigenvalue weighted by molar-refractivity contribution is -0.132. The summed E-state index contributed by atoms with van der Waals surface area (Å²) in [6.07, 6.45) is 5.46. The lowest BCUT2D eigenvalue weighted by Gasteiger charge is -2.28. The Hall–Kier alpha value is -4.06. The number of amides is 2. The van der Waals surface area contributed by atoms with Gasteiger partial charge in [-0.2, -0.15) is 0 Å². The molecular formula is C33H39N3O3. The van der Waals surface area contributed by atoms with Crippen LogP contribution in [0.25, 0.3) is 10.9 Å². The fourth-order valence-corrected chi connectivity index (χ4v) is 4.77. The summed E-state index contributed by atoms with van der Waals surface area (Å²) in [5.74, 6) is 0.626. The molecule has 1 aromatic heterocycles. The highest BCUT2D eigenvalue weighted by molar-refractivity contribution is 5.96. The second-order valence-electron chi connectivity index (χ2n) is 9.90. The Morgan fingerprint density at radius 3 is 2.26 bits per heavy atom. The largest absolute Gasteiger partial charge is 0.497 e. The number of H-pyrrole nitrogens is 1. The average molecular weight is 526 g/mol. The molecule has 0 unspecified atom stereocenters. The predicted octanol–water partition coefficient (Wildman–Crippen LogP) is 6.25. The molecule has 1 heterocycles. The third-order valence-corrected chi connectivity index (χ3v) is 7.22. The number of carbonyl (C=O) groups excluding carboxylic acids is 2. The molecule has 2 amide bonds. The highest BCUT2D eigenvalue weighted by Gasteiger charge is 2.23. The molecule has 0 atom stereocenters. The van der Waals surface area contributed by atoms with Gasteiger partial charge >= 0.3 is 0 Å². The van der Waals surface area contributed by atoms with Crippen LogP contribution < -0.4 is 4.74 Å². The molecule has 0 spiro atoms. The molecule has 39 heavy (non-hydrogen) atoms. The van der Waals surface area contributed by atoms with E-state index in [4.69, 9.17) is 4.74 Å². The number of hydrogen-bond acceptors (Lipinski definition) is 3. The Morgan fingerprint density at radius 2 is 1.56 bits per heavy atom. The number of fused-ring (bicyclic) bond motifs is 1. The number of nitrogens with zero attached hydrogens (tertiary/aromatic N) is 2. The lowest BCUT2D eigenvalue weighted by Crippen LogP contribution is -2.43. The number of rotatable bonds is 13. The second kappa shape index (κ2) is 13.7. The fourth-order valence-electron chi connectivity index (χ4n) is 4.77. The van der Waals surface area contributed by atoms with Crippen LogP contribution in [0.1, 0.15) is 53.7 Å². The first-order valence-corrected chi connectivity index (χ1v) is 13.9. The van der Waals surface area contributed by atoms with Crippen LogP contribution in [0.4, 0.5) is 0 Å². The first kappa shape index (κ1) is 28.0. The molecule has 6 heteroatoms. The number of aromatic nitrogens is 1. The maximum absolute atomic E-state index is 13.8. The van der Waals surface area contributed by atoms with Gasteiger partial charge in [-0.25, -0.2) is 0 Å². The molecule has 0 fully saturated rings. The van der Waals surface area contributed by atoms with Crippen LogP contribution in [0.5, 0.6) is 5.75 Å². The Bertz CT molecular complexity index is 1360. The van der Waals surface area contributed by atoms with Gasteiger partial charge < -0.3 is 19.5 Å². The number of para-hydroxylation sites is 1. The number of aromatic amines is 1. The highest BCUT2D eigenvalue weighted by atomic mass is 16.5. The van der Waals surface area contributed by atoms with Gasteiger partial charge in [0, 0.05) is 42.3 Å². The summed E-state index contributed by atoms with van der Waals surface area (Å²) in [5, 5.41) is 1.17. The zero-order valence-corrected chi connectivity index (χ0v) is 23.3. The van der Waals surface area contributed by atoms with Gasteiger partial charge in [-0.3, -0.25) is 9.59 Å². The Balaban J connectivity index is 1.54. The van der Waals surface area contributed by atoms with Crippen LogP contribution in [-0.2, 0) is 24.2 Å². The summed E-state index contributed by atoms with van der Waals surface area (Å²) >= 11 is 0. The van der Waals surface area contributed by atoms with Gasteiger partial charge in [0.05, 0.1) is 7.11 Å². The molecule has 4 rings (SSSR count). The summed E-state index contributed by atoms with van der Waals surface area (Å²) in [5.41, 5.74) is 5.09. The van der Waals surface area contributed by atoms with Gasteiger partial charge in [0.1, 0.15) is 12.3 Å². The summed E-state index contributed by atoms with van der Waals surface area (Å²) in [6, 6.07) is 23.7. The van der Waals surface area contributed by atoms with E-state index < -0.39 is 0 Å². The molecule has 0 radical (unpaired) electrons. The number of carbonyl (C=O) groups is 2. The monoisotopic (exact) mass is 525 g/mol. The van der Waals surface area contributed by atoms with Crippen molar-refractivity contribution in [2.24, 2.45) is 0 Å². The minimum absolute atomic E-state index is 0.0540. The highest BCUT2D eigenvalue weighted by Crippen LogP contribution is 2.20.